The van der Waals surface area contributed by atoms with E-state index in [9.17, 15) is 0 Å². The molecule has 0 spiro atoms. The van der Waals surface area contributed by atoms with E-state index in [-0.39, 0.29) is 5.72 Å². The average Bonchev–Trinajstić information content (AvgIpc) is 2.05. The molecule has 1 heterocycles. The summed E-state index contributed by atoms with van der Waals surface area (Å²) in [6.45, 7) is 0. The van der Waals surface area contributed by atoms with Crippen LogP contribution < -0.4 is 11.6 Å². The maximum atomic E-state index is 8.86. The molecule has 0 saturated heterocycles. The van der Waals surface area contributed by atoms with Crippen molar-refractivity contribution in [3.05, 3.63) is 18.5 Å². The Kier molecular flexibility index (Phi) is 2.32. The highest BCUT2D eigenvalue weighted by atomic mass is 16.6. The summed E-state index contributed by atoms with van der Waals surface area (Å²) in [5, 5.41) is 8.86. The van der Waals surface area contributed by atoms with E-state index < -0.39 is 7.12 Å². The van der Waals surface area contributed by atoms with Crippen molar-refractivity contribution in [3.63, 3.8) is 0 Å². The molecule has 0 fully saturated rings. The highest BCUT2D eigenvalue weighted by Crippen LogP contribution is 1.73. The number of hydrogen-bond acceptors (Lipinski definition) is 5. The van der Waals surface area contributed by atoms with Gasteiger partial charge in [0.05, 0.1) is 0 Å². The Bertz CT molecular complexity index is 195. The van der Waals surface area contributed by atoms with Crippen molar-refractivity contribution in [2.24, 2.45) is 5.90 Å². The van der Waals surface area contributed by atoms with Crippen LogP contribution in [0.15, 0.2) is 18.5 Å². The second kappa shape index (κ2) is 3.26. The first-order valence-electron chi connectivity index (χ1n) is 2.65. The van der Waals surface area contributed by atoms with Crippen LogP contribution in [0.25, 0.3) is 0 Å². The number of rotatable bonds is 2. The molecule has 10 heavy (non-hydrogen) atoms. The summed E-state index contributed by atoms with van der Waals surface area (Å²) in [5.41, 5.74) is 0.157. The molecule has 0 aliphatic heterocycles. The van der Waals surface area contributed by atoms with Gasteiger partial charge in [-0.05, 0) is 6.07 Å². The van der Waals surface area contributed by atoms with Crippen molar-refractivity contribution in [3.8, 4) is 0 Å². The molecule has 1 rings (SSSR count). The largest absolute Gasteiger partial charge is 0.548 e. The van der Waals surface area contributed by atoms with Crippen LogP contribution in [-0.4, -0.2) is 22.1 Å². The fraction of sp³-hybridized carbons (Fsp3) is 0. The molecule has 3 N–H and O–H groups in total. The Morgan fingerprint density at radius 3 is 2.60 bits per heavy atom. The van der Waals surface area contributed by atoms with Crippen LogP contribution in [0.4, 0.5) is 0 Å². The monoisotopic (exact) mass is 139 g/mol. The number of nitrogens with zero attached hydrogens (tertiary/aromatic N) is 2. The summed E-state index contributed by atoms with van der Waals surface area (Å²) < 4.78 is 4.07. The van der Waals surface area contributed by atoms with Gasteiger partial charge >= 0.3 is 7.12 Å². The van der Waals surface area contributed by atoms with Crippen molar-refractivity contribution in [2.45, 2.75) is 0 Å². The van der Waals surface area contributed by atoms with E-state index in [1.165, 1.54) is 12.4 Å². The Morgan fingerprint density at radius 2 is 2.10 bits per heavy atom. The van der Waals surface area contributed by atoms with Gasteiger partial charge in [0.2, 0.25) is 0 Å². The molecule has 0 bridgehead atoms. The predicted octanol–water partition coefficient (Wildman–Crippen LogP) is -1.95. The lowest BCUT2D eigenvalue weighted by Crippen LogP contribution is -2.40. The maximum Gasteiger partial charge on any atom is 0.548 e. The second-order valence-corrected chi connectivity index (χ2v) is 1.60. The maximum absolute atomic E-state index is 8.86. The topological polar surface area (TPSA) is 81.3 Å². The first kappa shape index (κ1) is 7.14. The summed E-state index contributed by atoms with van der Waals surface area (Å²) in [7, 11) is -1.24. The zero-order valence-electron chi connectivity index (χ0n) is 5.14. The highest BCUT2D eigenvalue weighted by Gasteiger charge is 2.17. The van der Waals surface area contributed by atoms with Gasteiger partial charge in [0.1, 0.15) is 0 Å². The number of hydrogen-bond donors (Lipinski definition) is 2. The van der Waals surface area contributed by atoms with Crippen LogP contribution >= 0.6 is 0 Å². The first-order chi connectivity index (χ1) is 4.84. The quantitative estimate of drug-likeness (QED) is 0.367. The smallest absolute Gasteiger partial charge is 0.420 e. The third-order valence-corrected chi connectivity index (χ3v) is 0.936. The molecule has 1 aromatic rings. The molecule has 1 aromatic heterocycles. The van der Waals surface area contributed by atoms with Gasteiger partial charge in [-0.1, -0.05) is 0 Å². The van der Waals surface area contributed by atoms with Crippen LogP contribution in [-0.2, 0) is 4.76 Å². The van der Waals surface area contributed by atoms with E-state index in [0.717, 1.165) is 0 Å². The van der Waals surface area contributed by atoms with E-state index in [1.54, 1.807) is 6.07 Å². The predicted molar refractivity (Wildman–Crippen MR) is 34.9 cm³/mol. The minimum absolute atomic E-state index is 0.157. The van der Waals surface area contributed by atoms with E-state index in [1.807, 2.05) is 0 Å². The lowest BCUT2D eigenvalue weighted by molar-refractivity contribution is 0.279. The van der Waals surface area contributed by atoms with Crippen LogP contribution in [0.3, 0.4) is 0 Å². The van der Waals surface area contributed by atoms with Crippen molar-refractivity contribution in [1.29, 1.82) is 0 Å². The van der Waals surface area contributed by atoms with Gasteiger partial charge in [-0.25, -0.2) is 15.9 Å². The lowest BCUT2D eigenvalue weighted by Gasteiger charge is -1.97. The van der Waals surface area contributed by atoms with Crippen molar-refractivity contribution >= 4 is 12.8 Å². The Hall–Kier alpha value is -0.975. The molecule has 0 atom stereocenters. The molecule has 0 amide bonds. The van der Waals surface area contributed by atoms with Crippen LogP contribution in [0, 0.1) is 0 Å². The van der Waals surface area contributed by atoms with Gasteiger partial charge in [-0.15, -0.1) is 0 Å². The fourth-order valence-electron chi connectivity index (χ4n) is 0.499. The number of nitrogens with two attached hydrogens (primary N) is 1. The van der Waals surface area contributed by atoms with Gasteiger partial charge in [0.15, 0.2) is 5.72 Å². The molecular formula is C4H6BN3O2. The number of aromatic nitrogens is 2. The second-order valence-electron chi connectivity index (χ2n) is 1.60. The van der Waals surface area contributed by atoms with E-state index in [4.69, 9.17) is 5.02 Å². The van der Waals surface area contributed by atoms with Crippen LogP contribution in [0.1, 0.15) is 0 Å². The van der Waals surface area contributed by atoms with Crippen molar-refractivity contribution in [2.75, 3.05) is 0 Å². The van der Waals surface area contributed by atoms with E-state index >= 15 is 0 Å². The van der Waals surface area contributed by atoms with E-state index in [2.05, 4.69) is 20.6 Å². The SMILES string of the molecule is NOB(O)c1ncccn1. The molecule has 0 aliphatic rings. The Balaban J connectivity index is 2.75. The average molecular weight is 139 g/mol. The highest BCUT2D eigenvalue weighted by molar-refractivity contribution is 6.57. The third-order valence-electron chi connectivity index (χ3n) is 0.936. The lowest BCUT2D eigenvalue weighted by atomic mass is 9.90. The third kappa shape index (κ3) is 1.50. The van der Waals surface area contributed by atoms with Gasteiger partial charge in [0, 0.05) is 12.4 Å². The zero-order chi connectivity index (χ0) is 7.40. The molecule has 6 heteroatoms. The minimum atomic E-state index is -1.24. The minimum Gasteiger partial charge on any atom is -0.420 e. The Labute approximate surface area is 58.0 Å². The van der Waals surface area contributed by atoms with Gasteiger partial charge < -0.3 is 9.78 Å². The van der Waals surface area contributed by atoms with Gasteiger partial charge in [0.25, 0.3) is 0 Å². The first-order valence-corrected chi connectivity index (χ1v) is 2.65. The van der Waals surface area contributed by atoms with E-state index in [0.29, 0.717) is 0 Å². The van der Waals surface area contributed by atoms with Crippen LogP contribution in [0.5, 0.6) is 0 Å². The van der Waals surface area contributed by atoms with Crippen molar-refractivity contribution in [1.82, 2.24) is 9.97 Å². The molecule has 0 unspecified atom stereocenters. The van der Waals surface area contributed by atoms with Crippen molar-refractivity contribution < 1.29 is 9.78 Å². The molecular weight excluding hydrogens is 133 g/mol. The summed E-state index contributed by atoms with van der Waals surface area (Å²) in [6.07, 6.45) is 2.98. The molecule has 0 radical (unpaired) electrons. The normalized spacial score (nSPS) is 9.40. The fourth-order valence-corrected chi connectivity index (χ4v) is 0.499. The molecule has 0 aromatic carbocycles. The van der Waals surface area contributed by atoms with Gasteiger partial charge in [-0.2, -0.15) is 0 Å². The van der Waals surface area contributed by atoms with Crippen LogP contribution in [0.2, 0.25) is 0 Å². The summed E-state index contributed by atoms with van der Waals surface area (Å²) in [6, 6.07) is 1.63. The molecule has 0 saturated carbocycles. The summed E-state index contributed by atoms with van der Waals surface area (Å²) in [4.78, 5) is 7.37. The molecule has 52 valence electrons. The summed E-state index contributed by atoms with van der Waals surface area (Å²) >= 11 is 0. The standard InChI is InChI=1S/C4H6BN3O2/c6-10-5(9)4-7-2-1-3-8-4/h1-3,9H,6H2. The molecule has 0 aliphatic carbocycles. The van der Waals surface area contributed by atoms with Gasteiger partial charge in [-0.3, -0.25) is 0 Å². The zero-order valence-corrected chi connectivity index (χ0v) is 5.14. The molecule has 5 nitrogen and oxygen atoms in total. The summed E-state index contributed by atoms with van der Waals surface area (Å²) in [5.74, 6) is 4.67. The Morgan fingerprint density at radius 1 is 1.50 bits per heavy atom.